The van der Waals surface area contributed by atoms with E-state index in [0.29, 0.717) is 5.69 Å². The summed E-state index contributed by atoms with van der Waals surface area (Å²) in [6.07, 6.45) is 0. The molecule has 108 valence electrons. The van der Waals surface area contributed by atoms with E-state index in [1.807, 2.05) is 30.3 Å². The molecule has 0 bridgehead atoms. The normalized spacial score (nSPS) is 11.7. The number of nitrogens with two attached hydrogens (primary N) is 1. The van der Waals surface area contributed by atoms with E-state index < -0.39 is 5.92 Å². The summed E-state index contributed by atoms with van der Waals surface area (Å²) in [4.78, 5) is 14.2. The zero-order chi connectivity index (χ0) is 15.4. The quantitative estimate of drug-likeness (QED) is 0.851. The Morgan fingerprint density at radius 1 is 1.19 bits per heavy atom. The molecule has 0 aliphatic heterocycles. The number of rotatable bonds is 4. The molecule has 0 radical (unpaired) electrons. The van der Waals surface area contributed by atoms with Crippen LogP contribution in [0.3, 0.4) is 0 Å². The average molecular weight is 300 g/mol. The van der Waals surface area contributed by atoms with Crippen LogP contribution in [0.1, 0.15) is 11.5 Å². The van der Waals surface area contributed by atoms with Crippen molar-refractivity contribution in [1.82, 2.24) is 0 Å². The smallest absolute Gasteiger partial charge is 0.241 e. The Hall–Kier alpha value is -2.40. The Balaban J connectivity index is 2.33. The molecule has 2 aromatic rings. The van der Waals surface area contributed by atoms with Gasteiger partial charge in [0, 0.05) is 18.8 Å². The van der Waals surface area contributed by atoms with Crippen molar-refractivity contribution >= 4 is 28.8 Å². The molecule has 0 saturated carbocycles. The standard InChI is InChI=1S/C16H16N2O2S/c1-18(12-8-5-9-13(19)10-12)16(20)14(15(17)21)11-6-3-2-4-7-11/h2-10,14,19H,1H3,(H2,17,21). The summed E-state index contributed by atoms with van der Waals surface area (Å²) in [6, 6.07) is 15.6. The van der Waals surface area contributed by atoms with Crippen LogP contribution in [0.2, 0.25) is 0 Å². The zero-order valence-corrected chi connectivity index (χ0v) is 12.4. The molecule has 0 aliphatic carbocycles. The summed E-state index contributed by atoms with van der Waals surface area (Å²) < 4.78 is 0. The highest BCUT2D eigenvalue weighted by atomic mass is 32.1. The number of likely N-dealkylation sites (N-methyl/N-ethyl adjacent to an activating group) is 1. The Kier molecular flexibility index (Phi) is 4.55. The van der Waals surface area contributed by atoms with Gasteiger partial charge in [-0.05, 0) is 17.7 Å². The van der Waals surface area contributed by atoms with Crippen LogP contribution in [0.25, 0.3) is 0 Å². The van der Waals surface area contributed by atoms with E-state index in [4.69, 9.17) is 18.0 Å². The number of anilines is 1. The van der Waals surface area contributed by atoms with Crippen LogP contribution in [0.4, 0.5) is 5.69 Å². The topological polar surface area (TPSA) is 66.6 Å². The predicted molar refractivity (Wildman–Crippen MR) is 87.5 cm³/mol. The number of phenolic OH excluding ortho intramolecular Hbond substituents is 1. The van der Waals surface area contributed by atoms with E-state index in [0.717, 1.165) is 5.56 Å². The zero-order valence-electron chi connectivity index (χ0n) is 11.6. The first-order chi connectivity index (χ1) is 10.0. The summed E-state index contributed by atoms with van der Waals surface area (Å²) in [5.41, 5.74) is 7.08. The summed E-state index contributed by atoms with van der Waals surface area (Å²) in [5, 5.41) is 9.52. The van der Waals surface area contributed by atoms with Crippen LogP contribution in [0, 0.1) is 0 Å². The lowest BCUT2D eigenvalue weighted by molar-refractivity contribution is -0.118. The van der Waals surface area contributed by atoms with Gasteiger partial charge >= 0.3 is 0 Å². The molecule has 0 heterocycles. The van der Waals surface area contributed by atoms with Crippen molar-refractivity contribution in [2.24, 2.45) is 5.73 Å². The van der Waals surface area contributed by atoms with Gasteiger partial charge in [-0.15, -0.1) is 0 Å². The van der Waals surface area contributed by atoms with Crippen LogP contribution in [-0.2, 0) is 4.79 Å². The first kappa shape index (κ1) is 15.0. The summed E-state index contributed by atoms with van der Waals surface area (Å²) in [6.45, 7) is 0. The van der Waals surface area contributed by atoms with Gasteiger partial charge < -0.3 is 15.7 Å². The number of hydrogen-bond donors (Lipinski definition) is 2. The number of aromatic hydroxyl groups is 1. The third-order valence-electron chi connectivity index (χ3n) is 3.21. The number of nitrogens with zero attached hydrogens (tertiary/aromatic N) is 1. The molecule has 1 atom stereocenters. The van der Waals surface area contributed by atoms with Gasteiger partial charge in [0.2, 0.25) is 5.91 Å². The van der Waals surface area contributed by atoms with Crippen LogP contribution in [0.15, 0.2) is 54.6 Å². The molecule has 0 aromatic heterocycles. The lowest BCUT2D eigenvalue weighted by Gasteiger charge is -2.23. The number of hydrogen-bond acceptors (Lipinski definition) is 3. The van der Waals surface area contributed by atoms with Crippen LogP contribution >= 0.6 is 12.2 Å². The molecule has 3 N–H and O–H groups in total. The molecule has 0 fully saturated rings. The van der Waals surface area contributed by atoms with Crippen LogP contribution in [0.5, 0.6) is 5.75 Å². The molecule has 2 aromatic carbocycles. The van der Waals surface area contributed by atoms with E-state index in [1.165, 1.54) is 11.0 Å². The van der Waals surface area contributed by atoms with E-state index in [-0.39, 0.29) is 16.6 Å². The van der Waals surface area contributed by atoms with Gasteiger partial charge in [-0.3, -0.25) is 4.79 Å². The maximum Gasteiger partial charge on any atom is 0.241 e. The van der Waals surface area contributed by atoms with Gasteiger partial charge in [-0.2, -0.15) is 0 Å². The maximum absolute atomic E-state index is 12.7. The molecule has 0 aliphatic rings. The van der Waals surface area contributed by atoms with Crippen molar-refractivity contribution < 1.29 is 9.90 Å². The van der Waals surface area contributed by atoms with Gasteiger partial charge in [-0.1, -0.05) is 48.6 Å². The largest absolute Gasteiger partial charge is 0.508 e. The Labute approximate surface area is 128 Å². The fourth-order valence-corrected chi connectivity index (χ4v) is 2.33. The lowest BCUT2D eigenvalue weighted by Crippen LogP contribution is -2.37. The van der Waals surface area contributed by atoms with Crippen molar-refractivity contribution in [2.75, 3.05) is 11.9 Å². The predicted octanol–water partition coefficient (Wildman–Crippen LogP) is 2.42. The highest BCUT2D eigenvalue weighted by Crippen LogP contribution is 2.24. The Morgan fingerprint density at radius 3 is 2.43 bits per heavy atom. The van der Waals surface area contributed by atoms with Gasteiger partial charge in [0.05, 0.1) is 4.99 Å². The molecule has 21 heavy (non-hydrogen) atoms. The molecular formula is C16H16N2O2S. The van der Waals surface area contributed by atoms with E-state index in [9.17, 15) is 9.90 Å². The van der Waals surface area contributed by atoms with Crippen molar-refractivity contribution in [1.29, 1.82) is 0 Å². The molecule has 1 unspecified atom stereocenters. The second kappa shape index (κ2) is 6.37. The summed E-state index contributed by atoms with van der Waals surface area (Å²) in [7, 11) is 1.63. The Bertz CT molecular complexity index is 658. The maximum atomic E-state index is 12.7. The Morgan fingerprint density at radius 2 is 1.86 bits per heavy atom. The first-order valence-electron chi connectivity index (χ1n) is 6.41. The summed E-state index contributed by atoms with van der Waals surface area (Å²) in [5.74, 6) is -0.827. The van der Waals surface area contributed by atoms with Crippen molar-refractivity contribution in [3.05, 3.63) is 60.2 Å². The van der Waals surface area contributed by atoms with Gasteiger partial charge in [0.15, 0.2) is 0 Å². The monoisotopic (exact) mass is 300 g/mol. The number of benzene rings is 2. The van der Waals surface area contributed by atoms with E-state index >= 15 is 0 Å². The van der Waals surface area contributed by atoms with Crippen LogP contribution < -0.4 is 10.6 Å². The van der Waals surface area contributed by atoms with Gasteiger partial charge in [0.25, 0.3) is 0 Å². The van der Waals surface area contributed by atoms with Crippen molar-refractivity contribution in [3.63, 3.8) is 0 Å². The SMILES string of the molecule is CN(C(=O)C(C(N)=S)c1ccccc1)c1cccc(O)c1. The minimum atomic E-state index is -0.687. The number of carbonyl (C=O) groups excluding carboxylic acids is 1. The molecule has 0 spiro atoms. The second-order valence-electron chi connectivity index (χ2n) is 4.66. The van der Waals surface area contributed by atoms with E-state index in [2.05, 4.69) is 0 Å². The average Bonchev–Trinajstić information content (AvgIpc) is 2.47. The molecule has 1 amide bonds. The number of phenols is 1. The highest BCUT2D eigenvalue weighted by molar-refractivity contribution is 7.80. The number of carbonyl (C=O) groups is 1. The number of amides is 1. The number of thiocarbonyl (C=S) groups is 1. The lowest BCUT2D eigenvalue weighted by atomic mass is 9.97. The third kappa shape index (κ3) is 3.38. The molecule has 2 rings (SSSR count). The van der Waals surface area contributed by atoms with Crippen molar-refractivity contribution in [3.8, 4) is 5.75 Å². The second-order valence-corrected chi connectivity index (χ2v) is 5.13. The van der Waals surface area contributed by atoms with Crippen molar-refractivity contribution in [2.45, 2.75) is 5.92 Å². The minimum absolute atomic E-state index is 0.0961. The molecule has 5 heteroatoms. The molecule has 0 saturated heterocycles. The van der Waals surface area contributed by atoms with Gasteiger partial charge in [0.1, 0.15) is 11.7 Å². The highest BCUT2D eigenvalue weighted by Gasteiger charge is 2.27. The van der Waals surface area contributed by atoms with Crippen LogP contribution in [-0.4, -0.2) is 23.0 Å². The molecule has 4 nitrogen and oxygen atoms in total. The summed E-state index contributed by atoms with van der Waals surface area (Å²) >= 11 is 5.05. The minimum Gasteiger partial charge on any atom is -0.508 e. The first-order valence-corrected chi connectivity index (χ1v) is 6.82. The van der Waals surface area contributed by atoms with Gasteiger partial charge in [-0.25, -0.2) is 0 Å². The van der Waals surface area contributed by atoms with E-state index in [1.54, 1.807) is 25.2 Å². The fourth-order valence-electron chi connectivity index (χ4n) is 2.10. The third-order valence-corrected chi connectivity index (χ3v) is 3.45. The fraction of sp³-hybridized carbons (Fsp3) is 0.125. The molecular weight excluding hydrogens is 284 g/mol.